The SMILES string of the molecule is Fc1c(F)c(F)c(PCCP(c2c(F)c(F)c(F)c(F)c2F)c2c(F)c(F)c(F)c(F)c2F)c(F)c1F. The molecule has 0 amide bonds. The van der Waals surface area contributed by atoms with Crippen LogP contribution in [-0.4, -0.2) is 12.3 Å². The smallest absolute Gasteiger partial charge is 0.200 e. The lowest BCUT2D eigenvalue weighted by Gasteiger charge is -2.22. The maximum atomic E-state index is 14.4. The molecular formula is C20H5F15P2. The van der Waals surface area contributed by atoms with Crippen LogP contribution in [0.1, 0.15) is 0 Å². The summed E-state index contributed by atoms with van der Waals surface area (Å²) in [6.07, 6.45) is -2.31. The van der Waals surface area contributed by atoms with E-state index in [2.05, 4.69) is 0 Å². The van der Waals surface area contributed by atoms with Crippen molar-refractivity contribution < 1.29 is 65.9 Å². The Morgan fingerprint density at radius 3 is 0.892 bits per heavy atom. The minimum absolute atomic E-state index is 1.02. The van der Waals surface area contributed by atoms with Crippen molar-refractivity contribution in [2.75, 3.05) is 12.3 Å². The molecule has 0 saturated heterocycles. The maximum absolute atomic E-state index is 14.4. The highest BCUT2D eigenvalue weighted by atomic mass is 31.1. The Hall–Kier alpha value is -2.53. The molecule has 0 spiro atoms. The third-order valence-electron chi connectivity index (χ3n) is 4.76. The Bertz CT molecular complexity index is 1270. The second-order valence-corrected chi connectivity index (χ2v) is 10.4. The van der Waals surface area contributed by atoms with Crippen LogP contribution in [0.4, 0.5) is 65.9 Å². The molecule has 1 atom stereocenters. The third-order valence-corrected chi connectivity index (χ3v) is 9.01. The van der Waals surface area contributed by atoms with Gasteiger partial charge in [0.15, 0.2) is 69.8 Å². The van der Waals surface area contributed by atoms with Gasteiger partial charge in [0.05, 0.1) is 15.9 Å². The molecule has 0 heterocycles. The zero-order valence-corrected chi connectivity index (χ0v) is 18.9. The zero-order chi connectivity index (χ0) is 28.1. The topological polar surface area (TPSA) is 0 Å². The second-order valence-electron chi connectivity index (χ2n) is 6.86. The summed E-state index contributed by atoms with van der Waals surface area (Å²) in [5.41, 5.74) is 0. The van der Waals surface area contributed by atoms with Crippen LogP contribution in [0, 0.1) is 87.3 Å². The van der Waals surface area contributed by atoms with Gasteiger partial charge in [0, 0.05) is 0 Å². The van der Waals surface area contributed by atoms with E-state index in [9.17, 15) is 65.9 Å². The summed E-state index contributed by atoms with van der Waals surface area (Å²) >= 11 is 0. The molecule has 0 radical (unpaired) electrons. The lowest BCUT2D eigenvalue weighted by atomic mass is 10.3. The van der Waals surface area contributed by atoms with Crippen molar-refractivity contribution in [1.29, 1.82) is 0 Å². The summed E-state index contributed by atoms with van der Waals surface area (Å²) in [6, 6.07) is 0. The molecule has 0 N–H and O–H groups in total. The number of hydrogen-bond acceptors (Lipinski definition) is 0. The first-order valence-electron chi connectivity index (χ1n) is 9.20. The van der Waals surface area contributed by atoms with Crippen LogP contribution in [0.2, 0.25) is 0 Å². The van der Waals surface area contributed by atoms with Crippen molar-refractivity contribution in [3.8, 4) is 0 Å². The van der Waals surface area contributed by atoms with Gasteiger partial charge in [-0.25, -0.2) is 65.9 Å². The first-order chi connectivity index (χ1) is 17.1. The van der Waals surface area contributed by atoms with E-state index in [1.165, 1.54) is 0 Å². The molecule has 37 heavy (non-hydrogen) atoms. The van der Waals surface area contributed by atoms with Gasteiger partial charge in [0.1, 0.15) is 0 Å². The Morgan fingerprint density at radius 1 is 0.351 bits per heavy atom. The van der Waals surface area contributed by atoms with E-state index in [4.69, 9.17) is 0 Å². The summed E-state index contributed by atoms with van der Waals surface area (Å²) in [7, 11) is -5.30. The number of hydrogen-bond donors (Lipinski definition) is 0. The summed E-state index contributed by atoms with van der Waals surface area (Å²) in [6.45, 7) is 0. The molecule has 0 aliphatic carbocycles. The van der Waals surface area contributed by atoms with Gasteiger partial charge in [-0.2, -0.15) is 0 Å². The van der Waals surface area contributed by atoms with Gasteiger partial charge in [0.25, 0.3) is 0 Å². The van der Waals surface area contributed by atoms with E-state index in [-0.39, 0.29) is 0 Å². The average molecular weight is 592 g/mol. The molecule has 3 aromatic rings. The highest BCUT2D eigenvalue weighted by molar-refractivity contribution is 7.73. The summed E-state index contributed by atoms with van der Waals surface area (Å²) in [5.74, 6) is -38.9. The minimum Gasteiger partial charge on any atom is -0.203 e. The highest BCUT2D eigenvalue weighted by Crippen LogP contribution is 2.42. The first kappa shape index (κ1) is 29.0. The van der Waals surface area contributed by atoms with E-state index in [0.717, 1.165) is 0 Å². The van der Waals surface area contributed by atoms with Crippen molar-refractivity contribution in [3.63, 3.8) is 0 Å². The van der Waals surface area contributed by atoms with E-state index in [0.29, 0.717) is 0 Å². The predicted octanol–water partition coefficient (Wildman–Crippen LogP) is 6.21. The van der Waals surface area contributed by atoms with Gasteiger partial charge in [-0.15, -0.1) is 0 Å². The molecule has 0 nitrogen and oxygen atoms in total. The van der Waals surface area contributed by atoms with Crippen LogP contribution >= 0.6 is 16.5 Å². The molecule has 1 unspecified atom stereocenters. The zero-order valence-electron chi connectivity index (χ0n) is 17.0. The molecule has 0 bridgehead atoms. The average Bonchev–Trinajstić information content (AvgIpc) is 2.87. The molecule has 0 aromatic heterocycles. The van der Waals surface area contributed by atoms with E-state index >= 15 is 0 Å². The molecular weight excluding hydrogens is 587 g/mol. The van der Waals surface area contributed by atoms with Gasteiger partial charge in [-0.1, -0.05) is 8.58 Å². The Labute approximate surface area is 198 Å². The molecule has 17 heteroatoms. The molecule has 3 rings (SSSR count). The van der Waals surface area contributed by atoms with Gasteiger partial charge in [-0.05, 0) is 20.2 Å². The molecule has 0 saturated carbocycles. The highest BCUT2D eigenvalue weighted by Gasteiger charge is 2.37. The van der Waals surface area contributed by atoms with Gasteiger partial charge in [-0.3, -0.25) is 0 Å². The third kappa shape index (κ3) is 4.76. The van der Waals surface area contributed by atoms with E-state index in [1.807, 2.05) is 0 Å². The summed E-state index contributed by atoms with van der Waals surface area (Å²) in [5, 5.41) is -5.50. The number of benzene rings is 3. The van der Waals surface area contributed by atoms with Crippen LogP contribution in [0.5, 0.6) is 0 Å². The van der Waals surface area contributed by atoms with E-state index in [1.54, 1.807) is 0 Å². The van der Waals surface area contributed by atoms with Gasteiger partial charge in [0.2, 0.25) is 17.5 Å². The largest absolute Gasteiger partial charge is 0.203 e. The van der Waals surface area contributed by atoms with E-state index < -0.39 is 132 Å². The molecule has 0 fully saturated rings. The Balaban J connectivity index is 2.20. The molecule has 0 aliphatic rings. The van der Waals surface area contributed by atoms with Crippen molar-refractivity contribution in [2.24, 2.45) is 0 Å². The molecule has 200 valence electrons. The van der Waals surface area contributed by atoms with Crippen LogP contribution in [0.15, 0.2) is 0 Å². The van der Waals surface area contributed by atoms with Crippen molar-refractivity contribution in [2.45, 2.75) is 0 Å². The monoisotopic (exact) mass is 592 g/mol. The van der Waals surface area contributed by atoms with Crippen LogP contribution in [0.3, 0.4) is 0 Å². The van der Waals surface area contributed by atoms with Gasteiger partial charge < -0.3 is 0 Å². The second kappa shape index (κ2) is 10.7. The number of halogens is 15. The standard InChI is InChI=1S/C20H5F15P2/c21-3-6(24)12(30)18(13(31)7(3)25)36-1-2-37(19-14(32)8(26)4(22)9(27)15(19)33)20-16(34)10(28)5(23)11(29)17(20)35/h36H,1-2H2. The lowest BCUT2D eigenvalue weighted by Crippen LogP contribution is -2.30. The minimum atomic E-state index is -3.75. The Morgan fingerprint density at radius 2 is 0.595 bits per heavy atom. The fourth-order valence-electron chi connectivity index (χ4n) is 3.05. The fraction of sp³-hybridized carbons (Fsp3) is 0.100. The van der Waals surface area contributed by atoms with Crippen LogP contribution in [0.25, 0.3) is 0 Å². The fourth-order valence-corrected chi connectivity index (χ4v) is 7.18. The van der Waals surface area contributed by atoms with Crippen molar-refractivity contribution >= 4 is 32.4 Å². The molecule has 3 aromatic carbocycles. The summed E-state index contributed by atoms with van der Waals surface area (Å²) < 4.78 is 207. The van der Waals surface area contributed by atoms with Gasteiger partial charge >= 0.3 is 0 Å². The van der Waals surface area contributed by atoms with Crippen LogP contribution < -0.4 is 15.9 Å². The molecule has 0 aliphatic heterocycles. The van der Waals surface area contributed by atoms with Crippen molar-refractivity contribution in [1.82, 2.24) is 0 Å². The maximum Gasteiger partial charge on any atom is 0.200 e. The normalized spacial score (nSPS) is 12.0. The Kier molecular flexibility index (Phi) is 8.38. The summed E-state index contributed by atoms with van der Waals surface area (Å²) in [4.78, 5) is 0. The first-order valence-corrected chi connectivity index (χ1v) is 11.9. The lowest BCUT2D eigenvalue weighted by molar-refractivity contribution is 0.383. The number of rotatable bonds is 6. The predicted molar refractivity (Wildman–Crippen MR) is 103 cm³/mol. The van der Waals surface area contributed by atoms with Crippen LogP contribution in [-0.2, 0) is 0 Å². The quantitative estimate of drug-likeness (QED) is 0.138. The van der Waals surface area contributed by atoms with Crippen molar-refractivity contribution in [3.05, 3.63) is 87.3 Å².